The van der Waals surface area contributed by atoms with Crippen molar-refractivity contribution in [3.8, 4) is 0 Å². The van der Waals surface area contributed by atoms with Crippen LogP contribution in [0.15, 0.2) is 17.6 Å². The molecule has 6 heteroatoms. The fourth-order valence-corrected chi connectivity index (χ4v) is 4.57. The number of carbonyl (C=O) groups is 1. The second-order valence-electron chi connectivity index (χ2n) is 6.49. The lowest BCUT2D eigenvalue weighted by Crippen LogP contribution is -2.55. The van der Waals surface area contributed by atoms with Gasteiger partial charge in [-0.1, -0.05) is 24.6 Å². The van der Waals surface area contributed by atoms with Gasteiger partial charge in [0.2, 0.25) is 5.91 Å². The summed E-state index contributed by atoms with van der Waals surface area (Å²) in [7, 11) is 0. The normalized spacial score (nSPS) is 28.5. The molecule has 1 saturated heterocycles. The molecular weight excluding hydrogens is 298 g/mol. The molecule has 0 unspecified atom stereocenters. The predicted molar refractivity (Wildman–Crippen MR) is 84.9 cm³/mol. The van der Waals surface area contributed by atoms with Gasteiger partial charge in [-0.2, -0.15) is 0 Å². The Morgan fingerprint density at radius 3 is 3.05 bits per heavy atom. The molecule has 1 amide bonds. The van der Waals surface area contributed by atoms with E-state index in [-0.39, 0.29) is 12.0 Å². The third kappa shape index (κ3) is 2.91. The Morgan fingerprint density at radius 1 is 1.32 bits per heavy atom. The Hall–Kier alpha value is -1.01. The molecule has 3 fully saturated rings. The largest absolute Gasteiger partial charge is 0.374 e. The Balaban J connectivity index is 1.37. The highest BCUT2D eigenvalue weighted by atomic mass is 32.2. The van der Waals surface area contributed by atoms with E-state index in [4.69, 9.17) is 4.74 Å². The van der Waals surface area contributed by atoms with Crippen molar-refractivity contribution in [1.82, 2.24) is 14.5 Å². The van der Waals surface area contributed by atoms with E-state index in [1.54, 1.807) is 11.8 Å². The molecule has 0 aromatic carbocycles. The van der Waals surface area contributed by atoms with Gasteiger partial charge in [0.15, 0.2) is 5.16 Å². The summed E-state index contributed by atoms with van der Waals surface area (Å²) in [6.45, 7) is 1.44. The van der Waals surface area contributed by atoms with Crippen molar-refractivity contribution in [2.24, 2.45) is 0 Å². The summed E-state index contributed by atoms with van der Waals surface area (Å²) in [5.41, 5.74) is 0. The van der Waals surface area contributed by atoms with Gasteiger partial charge in [0.05, 0.1) is 24.5 Å². The van der Waals surface area contributed by atoms with Gasteiger partial charge in [-0.05, 0) is 25.7 Å². The maximum absolute atomic E-state index is 12.7. The van der Waals surface area contributed by atoms with Gasteiger partial charge in [-0.15, -0.1) is 0 Å². The monoisotopic (exact) mass is 321 g/mol. The molecule has 0 radical (unpaired) electrons. The maximum Gasteiger partial charge on any atom is 0.233 e. The maximum atomic E-state index is 12.7. The van der Waals surface area contributed by atoms with Gasteiger partial charge in [-0.25, -0.2) is 4.98 Å². The van der Waals surface area contributed by atoms with Crippen molar-refractivity contribution in [3.05, 3.63) is 12.4 Å². The van der Waals surface area contributed by atoms with E-state index in [2.05, 4.69) is 14.5 Å². The quantitative estimate of drug-likeness (QED) is 0.799. The number of imidazole rings is 1. The molecule has 0 spiro atoms. The minimum Gasteiger partial charge on any atom is -0.374 e. The zero-order valence-electron chi connectivity index (χ0n) is 12.8. The van der Waals surface area contributed by atoms with Gasteiger partial charge in [0, 0.05) is 25.0 Å². The Kier molecular flexibility index (Phi) is 4.13. The number of ether oxygens (including phenoxy) is 1. The van der Waals surface area contributed by atoms with Gasteiger partial charge in [0.25, 0.3) is 0 Å². The number of aromatic nitrogens is 2. The summed E-state index contributed by atoms with van der Waals surface area (Å²) < 4.78 is 8.08. The molecule has 2 heterocycles. The van der Waals surface area contributed by atoms with Gasteiger partial charge in [-0.3, -0.25) is 4.79 Å². The van der Waals surface area contributed by atoms with Crippen LogP contribution in [0.2, 0.25) is 0 Å². The lowest BCUT2D eigenvalue weighted by molar-refractivity contribution is -0.146. The number of amides is 1. The summed E-state index contributed by atoms with van der Waals surface area (Å²) >= 11 is 1.58. The number of morpholine rings is 1. The van der Waals surface area contributed by atoms with E-state index in [1.807, 2.05) is 12.4 Å². The molecule has 1 aliphatic heterocycles. The molecule has 0 bridgehead atoms. The van der Waals surface area contributed by atoms with Crippen LogP contribution in [0.5, 0.6) is 0 Å². The molecule has 1 aromatic heterocycles. The average molecular weight is 321 g/mol. The summed E-state index contributed by atoms with van der Waals surface area (Å²) in [5, 5.41) is 0.990. The highest BCUT2D eigenvalue weighted by Gasteiger charge is 2.36. The van der Waals surface area contributed by atoms with Crippen molar-refractivity contribution in [1.29, 1.82) is 0 Å². The summed E-state index contributed by atoms with van der Waals surface area (Å²) in [4.78, 5) is 19.1. The topological polar surface area (TPSA) is 47.4 Å². The molecular formula is C16H23N3O2S. The summed E-state index contributed by atoms with van der Waals surface area (Å²) in [5.74, 6) is 0.739. The molecule has 2 atom stereocenters. The van der Waals surface area contributed by atoms with Crippen molar-refractivity contribution < 1.29 is 9.53 Å². The lowest BCUT2D eigenvalue weighted by atomic mass is 9.90. The van der Waals surface area contributed by atoms with Crippen LogP contribution in [-0.4, -0.2) is 51.4 Å². The predicted octanol–water partition coefficient (Wildman–Crippen LogP) is 2.48. The number of hydrogen-bond donors (Lipinski definition) is 0. The van der Waals surface area contributed by atoms with Crippen molar-refractivity contribution in [3.63, 3.8) is 0 Å². The molecule has 120 valence electrons. The van der Waals surface area contributed by atoms with Crippen LogP contribution in [0, 0.1) is 0 Å². The minimum atomic E-state index is 0.246. The number of fused-ring (bicyclic) bond motifs is 1. The Bertz CT molecular complexity index is 541. The molecule has 2 saturated carbocycles. The first-order chi connectivity index (χ1) is 10.8. The highest BCUT2D eigenvalue weighted by Crippen LogP contribution is 2.37. The summed E-state index contributed by atoms with van der Waals surface area (Å²) in [6.07, 6.45) is 11.3. The van der Waals surface area contributed by atoms with Crippen molar-refractivity contribution in [2.45, 2.75) is 61.9 Å². The summed E-state index contributed by atoms with van der Waals surface area (Å²) in [6, 6.07) is 0.921. The van der Waals surface area contributed by atoms with Crippen molar-refractivity contribution in [2.75, 3.05) is 18.9 Å². The fraction of sp³-hybridized carbons (Fsp3) is 0.750. The van der Waals surface area contributed by atoms with E-state index < -0.39 is 0 Å². The number of rotatable bonds is 4. The third-order valence-corrected chi connectivity index (χ3v) is 5.92. The van der Waals surface area contributed by atoms with E-state index in [0.29, 0.717) is 24.4 Å². The molecule has 22 heavy (non-hydrogen) atoms. The second-order valence-corrected chi connectivity index (χ2v) is 7.43. The fourth-order valence-electron chi connectivity index (χ4n) is 3.66. The smallest absolute Gasteiger partial charge is 0.233 e. The first kappa shape index (κ1) is 14.6. The number of nitrogens with zero attached hydrogens (tertiary/aromatic N) is 3. The molecule has 1 aromatic rings. The first-order valence-corrected chi connectivity index (χ1v) is 9.38. The van der Waals surface area contributed by atoms with E-state index >= 15 is 0 Å². The van der Waals surface area contributed by atoms with Crippen LogP contribution in [0.4, 0.5) is 0 Å². The number of thioether (sulfide) groups is 1. The van der Waals surface area contributed by atoms with Crippen LogP contribution in [0.3, 0.4) is 0 Å². The minimum absolute atomic E-state index is 0.246. The standard InChI is InChI=1S/C16H23N3O2S/c20-15(11-22-16-17-7-8-18(16)12-5-6-12)19-9-10-21-14-4-2-1-3-13(14)19/h7-8,12-14H,1-6,9-11H2/t13-,14+/m0/s1. The Morgan fingerprint density at radius 2 is 2.18 bits per heavy atom. The zero-order chi connectivity index (χ0) is 14.9. The van der Waals surface area contributed by atoms with E-state index in [0.717, 1.165) is 24.5 Å². The van der Waals surface area contributed by atoms with E-state index in [1.165, 1.54) is 25.7 Å². The highest BCUT2D eigenvalue weighted by molar-refractivity contribution is 7.99. The van der Waals surface area contributed by atoms with Crippen LogP contribution < -0.4 is 0 Å². The first-order valence-electron chi connectivity index (χ1n) is 8.39. The van der Waals surface area contributed by atoms with Gasteiger partial charge >= 0.3 is 0 Å². The molecule has 5 nitrogen and oxygen atoms in total. The molecule has 3 aliphatic rings. The number of hydrogen-bond acceptors (Lipinski definition) is 4. The molecule has 4 rings (SSSR count). The van der Waals surface area contributed by atoms with Crippen LogP contribution >= 0.6 is 11.8 Å². The Labute approximate surface area is 135 Å². The van der Waals surface area contributed by atoms with Crippen LogP contribution in [0.1, 0.15) is 44.6 Å². The third-order valence-electron chi connectivity index (χ3n) is 4.95. The van der Waals surface area contributed by atoms with Crippen LogP contribution in [-0.2, 0) is 9.53 Å². The van der Waals surface area contributed by atoms with Crippen molar-refractivity contribution >= 4 is 17.7 Å². The van der Waals surface area contributed by atoms with Gasteiger partial charge < -0.3 is 14.2 Å². The zero-order valence-corrected chi connectivity index (χ0v) is 13.6. The lowest BCUT2D eigenvalue weighted by Gasteiger charge is -2.43. The van der Waals surface area contributed by atoms with Crippen LogP contribution in [0.25, 0.3) is 0 Å². The molecule has 0 N–H and O–H groups in total. The SMILES string of the molecule is O=C(CSc1nccn1C1CC1)N1CCO[C@@H]2CCCC[C@@H]21. The molecule has 2 aliphatic carbocycles. The van der Waals surface area contributed by atoms with Gasteiger partial charge in [0.1, 0.15) is 0 Å². The van der Waals surface area contributed by atoms with E-state index in [9.17, 15) is 4.79 Å². The second kappa shape index (κ2) is 6.24. The number of carbonyl (C=O) groups excluding carboxylic acids is 1. The average Bonchev–Trinajstić information content (AvgIpc) is 3.30.